The van der Waals surface area contributed by atoms with Gasteiger partial charge >= 0.3 is 12.4 Å². The number of rotatable bonds is 6. The molecule has 0 saturated carbocycles. The fraction of sp³-hybridized carbons (Fsp3) is 0.211. The highest BCUT2D eigenvalue weighted by atomic mass is 32.2. The standard InChI is InChI=1S/C19H16F6N2OS/c1-29-15-4-2-12(3-5-15)17(16(26)10-28)27-9-11-6-13(18(20,21)22)8-14(7-11)19(23,24)25/h2-8,10,27H,9,26H2,1H3/b17-16-. The number of alkyl halides is 6. The molecule has 2 rings (SSSR count). The number of thioether (sulfide) groups is 1. The van der Waals surface area contributed by atoms with Crippen LogP contribution in [-0.4, -0.2) is 12.5 Å². The van der Waals surface area contributed by atoms with Crippen LogP contribution in [0.1, 0.15) is 22.3 Å². The Kier molecular flexibility index (Phi) is 6.89. The van der Waals surface area contributed by atoms with Gasteiger partial charge in [-0.1, -0.05) is 12.1 Å². The zero-order chi connectivity index (χ0) is 21.8. The lowest BCUT2D eigenvalue weighted by Gasteiger charge is -2.17. The van der Waals surface area contributed by atoms with E-state index in [-0.39, 0.29) is 23.0 Å². The highest BCUT2D eigenvalue weighted by Crippen LogP contribution is 2.36. The van der Waals surface area contributed by atoms with Crippen LogP contribution in [0, 0.1) is 0 Å². The zero-order valence-electron chi connectivity index (χ0n) is 15.0. The number of benzene rings is 2. The highest BCUT2D eigenvalue weighted by molar-refractivity contribution is 7.98. The molecule has 10 heteroatoms. The minimum atomic E-state index is -4.94. The molecule has 0 aliphatic rings. The van der Waals surface area contributed by atoms with E-state index in [1.54, 1.807) is 24.3 Å². The van der Waals surface area contributed by atoms with Crippen LogP contribution in [-0.2, 0) is 23.7 Å². The molecule has 3 nitrogen and oxygen atoms in total. The Balaban J connectivity index is 2.39. The Morgan fingerprint density at radius 1 is 1.00 bits per heavy atom. The molecule has 3 N–H and O–H groups in total. The Bertz CT molecular complexity index is 872. The monoisotopic (exact) mass is 434 g/mol. The van der Waals surface area contributed by atoms with Gasteiger partial charge in [-0.2, -0.15) is 26.3 Å². The van der Waals surface area contributed by atoms with Crippen LogP contribution < -0.4 is 11.1 Å². The molecular weight excluding hydrogens is 418 g/mol. The molecule has 156 valence electrons. The molecule has 2 aromatic carbocycles. The number of aldehydes is 1. The van der Waals surface area contributed by atoms with Crippen LogP contribution in [0.4, 0.5) is 26.3 Å². The molecule has 29 heavy (non-hydrogen) atoms. The van der Waals surface area contributed by atoms with Crippen molar-refractivity contribution in [1.29, 1.82) is 0 Å². The molecule has 0 spiro atoms. The van der Waals surface area contributed by atoms with Crippen molar-refractivity contribution in [3.05, 3.63) is 70.4 Å². The van der Waals surface area contributed by atoms with Crippen LogP contribution in [0.25, 0.3) is 5.70 Å². The Morgan fingerprint density at radius 3 is 1.93 bits per heavy atom. The number of nitrogens with two attached hydrogens (primary N) is 1. The number of carbonyl (C=O) groups excluding carboxylic acids is 1. The lowest BCUT2D eigenvalue weighted by atomic mass is 10.0. The first-order valence-electron chi connectivity index (χ1n) is 8.07. The van der Waals surface area contributed by atoms with Gasteiger partial charge in [-0.05, 0) is 47.7 Å². The predicted octanol–water partition coefficient (Wildman–Crippen LogP) is 5.06. The smallest absolute Gasteiger partial charge is 0.394 e. The first-order chi connectivity index (χ1) is 13.5. The van der Waals surface area contributed by atoms with Crippen molar-refractivity contribution in [2.24, 2.45) is 5.73 Å². The summed E-state index contributed by atoms with van der Waals surface area (Å²) in [6, 6.07) is 8.05. The van der Waals surface area contributed by atoms with E-state index in [2.05, 4.69) is 5.32 Å². The van der Waals surface area contributed by atoms with Gasteiger partial charge in [0.05, 0.1) is 22.5 Å². The van der Waals surface area contributed by atoms with Gasteiger partial charge in [0.1, 0.15) is 0 Å². The minimum Gasteiger partial charge on any atom is -0.394 e. The van der Waals surface area contributed by atoms with E-state index in [0.29, 0.717) is 24.0 Å². The summed E-state index contributed by atoms with van der Waals surface area (Å²) in [4.78, 5) is 12.0. The third-order valence-electron chi connectivity index (χ3n) is 3.91. The number of nitrogens with one attached hydrogen (secondary N) is 1. The zero-order valence-corrected chi connectivity index (χ0v) is 15.8. The predicted molar refractivity (Wildman–Crippen MR) is 98.7 cm³/mol. The van der Waals surface area contributed by atoms with E-state index in [1.165, 1.54) is 11.8 Å². The highest BCUT2D eigenvalue weighted by Gasteiger charge is 2.36. The summed E-state index contributed by atoms with van der Waals surface area (Å²) < 4.78 is 77.9. The first-order valence-corrected chi connectivity index (χ1v) is 9.29. The quantitative estimate of drug-likeness (QED) is 0.289. The van der Waals surface area contributed by atoms with Gasteiger partial charge in [0, 0.05) is 11.4 Å². The van der Waals surface area contributed by atoms with E-state index in [4.69, 9.17) is 5.73 Å². The summed E-state index contributed by atoms with van der Waals surface area (Å²) in [5, 5.41) is 2.68. The number of carbonyl (C=O) groups is 1. The maximum atomic E-state index is 13.0. The molecule has 0 saturated heterocycles. The van der Waals surface area contributed by atoms with Crippen molar-refractivity contribution < 1.29 is 31.1 Å². The van der Waals surface area contributed by atoms with Crippen molar-refractivity contribution in [3.8, 4) is 0 Å². The Labute approximate surface area is 167 Å². The molecule has 0 atom stereocenters. The van der Waals surface area contributed by atoms with Gasteiger partial charge in [-0.25, -0.2) is 0 Å². The number of halogens is 6. The van der Waals surface area contributed by atoms with Gasteiger partial charge in [0.15, 0.2) is 6.29 Å². The molecular formula is C19H16F6N2OS. The molecule has 0 aliphatic heterocycles. The Morgan fingerprint density at radius 2 is 1.52 bits per heavy atom. The molecule has 0 amide bonds. The number of hydrogen-bond acceptors (Lipinski definition) is 4. The van der Waals surface area contributed by atoms with Crippen molar-refractivity contribution in [2.75, 3.05) is 6.26 Å². The lowest BCUT2D eigenvalue weighted by Crippen LogP contribution is -2.19. The van der Waals surface area contributed by atoms with Crippen molar-refractivity contribution in [1.82, 2.24) is 5.32 Å². The molecule has 0 unspecified atom stereocenters. The maximum absolute atomic E-state index is 13.0. The largest absolute Gasteiger partial charge is 0.416 e. The van der Waals surface area contributed by atoms with Gasteiger partial charge < -0.3 is 11.1 Å². The molecule has 0 fully saturated rings. The molecule has 2 aromatic rings. The van der Waals surface area contributed by atoms with Crippen LogP contribution in [0.5, 0.6) is 0 Å². The maximum Gasteiger partial charge on any atom is 0.416 e. The second-order valence-electron chi connectivity index (χ2n) is 5.94. The van der Waals surface area contributed by atoms with Crippen LogP contribution >= 0.6 is 11.8 Å². The molecule has 0 aliphatic carbocycles. The topological polar surface area (TPSA) is 55.1 Å². The molecule has 0 heterocycles. The summed E-state index contributed by atoms with van der Waals surface area (Å²) in [6.07, 6.45) is -7.68. The van der Waals surface area contributed by atoms with E-state index >= 15 is 0 Å². The second-order valence-corrected chi connectivity index (χ2v) is 6.82. The number of allylic oxidation sites excluding steroid dienone is 1. The molecule has 0 radical (unpaired) electrons. The fourth-order valence-corrected chi connectivity index (χ4v) is 2.91. The third kappa shape index (κ3) is 5.93. The van der Waals surface area contributed by atoms with Gasteiger partial charge in [-0.15, -0.1) is 11.8 Å². The van der Waals surface area contributed by atoms with E-state index < -0.39 is 30.0 Å². The molecule has 0 bridgehead atoms. The van der Waals surface area contributed by atoms with Crippen molar-refractivity contribution >= 4 is 23.7 Å². The normalized spacial score (nSPS) is 13.1. The fourth-order valence-electron chi connectivity index (χ4n) is 2.50. The van der Waals surface area contributed by atoms with E-state index in [1.807, 2.05) is 6.26 Å². The lowest BCUT2D eigenvalue weighted by molar-refractivity contribution is -0.143. The summed E-state index contributed by atoms with van der Waals surface area (Å²) in [7, 11) is 0. The summed E-state index contributed by atoms with van der Waals surface area (Å²) in [5.41, 5.74) is 2.92. The molecule has 0 aromatic heterocycles. The van der Waals surface area contributed by atoms with Crippen LogP contribution in [0.15, 0.2) is 53.1 Å². The van der Waals surface area contributed by atoms with Crippen LogP contribution in [0.3, 0.4) is 0 Å². The van der Waals surface area contributed by atoms with Gasteiger partial charge in [0.25, 0.3) is 0 Å². The SMILES string of the molecule is CSc1ccc(/C(NCc2cc(C(F)(F)F)cc(C(F)(F)F)c2)=C(/N)C=O)cc1. The van der Waals surface area contributed by atoms with Gasteiger partial charge in [0.2, 0.25) is 0 Å². The summed E-state index contributed by atoms with van der Waals surface area (Å²) in [6.45, 7) is -0.402. The Hall–Kier alpha value is -2.62. The summed E-state index contributed by atoms with van der Waals surface area (Å²) in [5.74, 6) is 0. The summed E-state index contributed by atoms with van der Waals surface area (Å²) >= 11 is 1.47. The average Bonchev–Trinajstić information content (AvgIpc) is 2.66. The average molecular weight is 434 g/mol. The first kappa shape index (κ1) is 22.7. The minimum absolute atomic E-state index is 0.0567. The number of hydrogen-bond donors (Lipinski definition) is 2. The van der Waals surface area contributed by atoms with E-state index in [9.17, 15) is 31.1 Å². The van der Waals surface area contributed by atoms with Crippen molar-refractivity contribution in [3.63, 3.8) is 0 Å². The van der Waals surface area contributed by atoms with Gasteiger partial charge in [-0.3, -0.25) is 4.79 Å². The second kappa shape index (κ2) is 8.81. The van der Waals surface area contributed by atoms with E-state index in [0.717, 1.165) is 4.90 Å². The van der Waals surface area contributed by atoms with Crippen LogP contribution in [0.2, 0.25) is 0 Å². The van der Waals surface area contributed by atoms with Crippen molar-refractivity contribution in [2.45, 2.75) is 23.8 Å². The third-order valence-corrected chi connectivity index (χ3v) is 4.65.